The maximum Gasteiger partial charge on any atom is 0.258 e. The fourth-order valence-corrected chi connectivity index (χ4v) is 2.22. The summed E-state index contributed by atoms with van der Waals surface area (Å²) < 4.78 is 7.44. The second kappa shape index (κ2) is 7.11. The molecule has 1 heterocycles. The predicted octanol–water partition coefficient (Wildman–Crippen LogP) is 2.31. The first-order valence-corrected chi connectivity index (χ1v) is 7.44. The molecule has 22 heavy (non-hydrogen) atoms. The normalized spacial score (nSPS) is 10.5. The zero-order valence-corrected chi connectivity index (χ0v) is 13.6. The summed E-state index contributed by atoms with van der Waals surface area (Å²) in [6, 6.07) is 7.66. The van der Waals surface area contributed by atoms with Gasteiger partial charge in [-0.15, -0.1) is 0 Å². The quantitative estimate of drug-likeness (QED) is 0.891. The van der Waals surface area contributed by atoms with Gasteiger partial charge in [0, 0.05) is 12.2 Å². The zero-order chi connectivity index (χ0) is 16.1. The van der Waals surface area contributed by atoms with Crippen LogP contribution in [0, 0.1) is 27.7 Å². The Labute approximate surface area is 131 Å². The molecule has 0 unspecified atom stereocenters. The van der Waals surface area contributed by atoms with Gasteiger partial charge < -0.3 is 10.1 Å². The van der Waals surface area contributed by atoms with E-state index in [4.69, 9.17) is 4.74 Å². The highest BCUT2D eigenvalue weighted by atomic mass is 16.5. The Kier molecular flexibility index (Phi) is 5.20. The number of benzene rings is 1. The van der Waals surface area contributed by atoms with Crippen LogP contribution in [0.3, 0.4) is 0 Å². The lowest BCUT2D eigenvalue weighted by Gasteiger charge is -2.10. The van der Waals surface area contributed by atoms with Crippen molar-refractivity contribution >= 4 is 5.91 Å². The smallest absolute Gasteiger partial charge is 0.258 e. The van der Waals surface area contributed by atoms with Crippen LogP contribution in [0.15, 0.2) is 24.3 Å². The zero-order valence-electron chi connectivity index (χ0n) is 13.6. The van der Waals surface area contributed by atoms with Gasteiger partial charge in [0.1, 0.15) is 5.75 Å². The topological polar surface area (TPSA) is 56.1 Å². The molecule has 2 rings (SSSR count). The van der Waals surface area contributed by atoms with Crippen LogP contribution in [-0.2, 0) is 11.3 Å². The largest absolute Gasteiger partial charge is 0.484 e. The lowest BCUT2D eigenvalue weighted by molar-refractivity contribution is -0.123. The number of ether oxygens (including phenoxy) is 1. The van der Waals surface area contributed by atoms with Crippen LogP contribution in [-0.4, -0.2) is 28.8 Å². The first-order valence-electron chi connectivity index (χ1n) is 7.44. The number of aryl methyl sites for hydroxylation is 2. The van der Waals surface area contributed by atoms with Gasteiger partial charge in [0.15, 0.2) is 6.61 Å². The van der Waals surface area contributed by atoms with Crippen molar-refractivity contribution in [2.45, 2.75) is 34.2 Å². The summed E-state index contributed by atoms with van der Waals surface area (Å²) in [6.07, 6.45) is 0. The van der Waals surface area contributed by atoms with Crippen molar-refractivity contribution in [2.75, 3.05) is 13.2 Å². The summed E-state index contributed by atoms with van der Waals surface area (Å²) in [5.74, 6) is 0.619. The minimum Gasteiger partial charge on any atom is -0.484 e. The van der Waals surface area contributed by atoms with Crippen molar-refractivity contribution in [2.24, 2.45) is 0 Å². The summed E-state index contributed by atoms with van der Waals surface area (Å²) in [7, 11) is 0. The number of nitrogens with zero attached hydrogens (tertiary/aromatic N) is 2. The number of carbonyl (C=O) groups excluding carboxylic acids is 1. The van der Waals surface area contributed by atoms with Gasteiger partial charge in [-0.25, -0.2) is 0 Å². The molecule has 0 atom stereocenters. The van der Waals surface area contributed by atoms with Gasteiger partial charge in [-0.1, -0.05) is 18.2 Å². The highest BCUT2D eigenvalue weighted by molar-refractivity contribution is 5.77. The molecule has 0 aliphatic rings. The van der Waals surface area contributed by atoms with E-state index in [-0.39, 0.29) is 12.5 Å². The fourth-order valence-electron chi connectivity index (χ4n) is 2.22. The molecule has 0 radical (unpaired) electrons. The van der Waals surface area contributed by atoms with Gasteiger partial charge in [-0.3, -0.25) is 9.48 Å². The van der Waals surface area contributed by atoms with Crippen LogP contribution in [0.4, 0.5) is 0 Å². The van der Waals surface area contributed by atoms with Gasteiger partial charge in [-0.05, 0) is 44.9 Å². The molecule has 1 aromatic heterocycles. The van der Waals surface area contributed by atoms with Gasteiger partial charge in [0.05, 0.1) is 12.2 Å². The Morgan fingerprint density at radius 1 is 1.23 bits per heavy atom. The van der Waals surface area contributed by atoms with Crippen molar-refractivity contribution in [3.63, 3.8) is 0 Å². The van der Waals surface area contributed by atoms with Crippen LogP contribution in [0.1, 0.15) is 22.5 Å². The van der Waals surface area contributed by atoms with Crippen LogP contribution in [0.5, 0.6) is 5.75 Å². The molecule has 0 bridgehead atoms. The molecule has 0 saturated carbocycles. The molecule has 1 amide bonds. The third-order valence-electron chi connectivity index (χ3n) is 3.84. The highest BCUT2D eigenvalue weighted by Gasteiger charge is 2.08. The van der Waals surface area contributed by atoms with E-state index in [0.717, 1.165) is 22.7 Å². The summed E-state index contributed by atoms with van der Waals surface area (Å²) in [4.78, 5) is 11.8. The maximum absolute atomic E-state index is 11.8. The van der Waals surface area contributed by atoms with Crippen LogP contribution >= 0.6 is 0 Å². The third kappa shape index (κ3) is 3.87. The minimum absolute atomic E-state index is 0.0288. The van der Waals surface area contributed by atoms with E-state index in [1.807, 2.05) is 49.7 Å². The number of aromatic nitrogens is 2. The van der Waals surface area contributed by atoms with E-state index in [1.54, 1.807) is 0 Å². The summed E-state index contributed by atoms with van der Waals surface area (Å²) in [6.45, 7) is 9.28. The molecule has 1 N–H and O–H groups in total. The standard InChI is InChI=1S/C17H23N3O2/c1-12-7-5-6-8-16(12)22-11-17(21)18-9-10-20-15(4)13(2)14(3)19-20/h5-8H,9-11H2,1-4H3,(H,18,21). The van der Waals surface area contributed by atoms with E-state index in [0.29, 0.717) is 13.1 Å². The minimum atomic E-state index is -0.124. The second-order valence-electron chi connectivity index (χ2n) is 5.42. The third-order valence-corrected chi connectivity index (χ3v) is 3.84. The van der Waals surface area contributed by atoms with E-state index in [1.165, 1.54) is 5.56 Å². The Morgan fingerprint density at radius 3 is 2.59 bits per heavy atom. The van der Waals surface area contributed by atoms with Crippen molar-refractivity contribution in [3.05, 3.63) is 46.8 Å². The lowest BCUT2D eigenvalue weighted by atomic mass is 10.2. The molecular formula is C17H23N3O2. The Balaban J connectivity index is 1.76. The van der Waals surface area contributed by atoms with Crippen LogP contribution in [0.25, 0.3) is 0 Å². The summed E-state index contributed by atoms with van der Waals surface area (Å²) >= 11 is 0. The second-order valence-corrected chi connectivity index (χ2v) is 5.42. The Hall–Kier alpha value is -2.30. The molecule has 0 aliphatic carbocycles. The molecule has 0 spiro atoms. The van der Waals surface area contributed by atoms with Crippen molar-refractivity contribution in [1.29, 1.82) is 0 Å². The van der Waals surface area contributed by atoms with E-state index in [9.17, 15) is 4.79 Å². The van der Waals surface area contributed by atoms with Crippen molar-refractivity contribution in [1.82, 2.24) is 15.1 Å². The first-order chi connectivity index (χ1) is 10.5. The van der Waals surface area contributed by atoms with Crippen LogP contribution < -0.4 is 10.1 Å². The maximum atomic E-state index is 11.8. The molecule has 0 fully saturated rings. The van der Waals surface area contributed by atoms with Gasteiger partial charge in [0.25, 0.3) is 5.91 Å². The number of amides is 1. The number of carbonyl (C=O) groups is 1. The van der Waals surface area contributed by atoms with Gasteiger partial charge >= 0.3 is 0 Å². The molecular weight excluding hydrogens is 278 g/mol. The number of hydrogen-bond acceptors (Lipinski definition) is 3. The number of para-hydroxylation sites is 1. The van der Waals surface area contributed by atoms with E-state index < -0.39 is 0 Å². The average molecular weight is 301 g/mol. The number of nitrogens with one attached hydrogen (secondary N) is 1. The van der Waals surface area contributed by atoms with E-state index in [2.05, 4.69) is 17.3 Å². The molecule has 118 valence electrons. The molecule has 5 heteroatoms. The molecule has 0 saturated heterocycles. The molecule has 2 aromatic rings. The number of hydrogen-bond donors (Lipinski definition) is 1. The number of rotatable bonds is 6. The average Bonchev–Trinajstić information content (AvgIpc) is 2.74. The van der Waals surface area contributed by atoms with E-state index >= 15 is 0 Å². The van der Waals surface area contributed by atoms with Crippen LogP contribution in [0.2, 0.25) is 0 Å². The predicted molar refractivity (Wildman–Crippen MR) is 86.1 cm³/mol. The summed E-state index contributed by atoms with van der Waals surface area (Å²) in [5.41, 5.74) is 4.40. The molecule has 0 aliphatic heterocycles. The highest BCUT2D eigenvalue weighted by Crippen LogP contribution is 2.15. The fraction of sp³-hybridized carbons (Fsp3) is 0.412. The molecule has 5 nitrogen and oxygen atoms in total. The van der Waals surface area contributed by atoms with Crippen molar-refractivity contribution < 1.29 is 9.53 Å². The van der Waals surface area contributed by atoms with Crippen molar-refractivity contribution in [3.8, 4) is 5.75 Å². The van der Waals surface area contributed by atoms with Gasteiger partial charge in [0.2, 0.25) is 0 Å². The summed E-state index contributed by atoms with van der Waals surface area (Å²) in [5, 5.41) is 7.30. The Morgan fingerprint density at radius 2 is 1.95 bits per heavy atom. The lowest BCUT2D eigenvalue weighted by Crippen LogP contribution is -2.32. The monoisotopic (exact) mass is 301 g/mol. The first kappa shape index (κ1) is 16.1. The SMILES string of the molecule is Cc1ccccc1OCC(=O)NCCn1nc(C)c(C)c1C. The Bertz CT molecular complexity index is 662. The van der Waals surface area contributed by atoms with Gasteiger partial charge in [-0.2, -0.15) is 5.10 Å². The molecule has 1 aromatic carbocycles.